The van der Waals surface area contributed by atoms with Crippen molar-refractivity contribution in [3.05, 3.63) is 40.7 Å². The molecule has 0 aliphatic carbocycles. The van der Waals surface area contributed by atoms with Crippen LogP contribution in [0.4, 0.5) is 0 Å². The van der Waals surface area contributed by atoms with Gasteiger partial charge in [-0.25, -0.2) is 4.98 Å². The van der Waals surface area contributed by atoms with Gasteiger partial charge in [-0.1, -0.05) is 50.6 Å². The predicted octanol–water partition coefficient (Wildman–Crippen LogP) is 4.12. The maximum atomic E-state index is 6.42. The first-order chi connectivity index (χ1) is 9.03. The van der Waals surface area contributed by atoms with Crippen LogP contribution in [0.3, 0.4) is 0 Å². The molecule has 2 nitrogen and oxygen atoms in total. The number of nitrogens with zero attached hydrogens (tertiary/aromatic N) is 1. The van der Waals surface area contributed by atoms with Gasteiger partial charge in [0, 0.05) is 22.9 Å². The van der Waals surface area contributed by atoms with Crippen molar-refractivity contribution < 1.29 is 0 Å². The van der Waals surface area contributed by atoms with E-state index in [1.807, 2.05) is 18.2 Å². The molecule has 0 aliphatic heterocycles. The summed E-state index contributed by atoms with van der Waals surface area (Å²) in [5.74, 6) is 0.497. The monoisotopic (exact) mass is 274 g/mol. The summed E-state index contributed by atoms with van der Waals surface area (Å²) in [4.78, 5) is 4.72. The molecular formula is C16H22N2S. The molecule has 0 amide bonds. The average molecular weight is 274 g/mol. The van der Waals surface area contributed by atoms with Gasteiger partial charge in [0.2, 0.25) is 0 Å². The van der Waals surface area contributed by atoms with Crippen LogP contribution in [0, 0.1) is 5.92 Å². The molecule has 2 unspecified atom stereocenters. The molecule has 0 saturated carbocycles. The Bertz CT molecular complexity index is 517. The van der Waals surface area contributed by atoms with Crippen molar-refractivity contribution in [3.63, 3.8) is 0 Å². The molecule has 1 aromatic carbocycles. The Kier molecular flexibility index (Phi) is 4.38. The van der Waals surface area contributed by atoms with E-state index in [1.54, 1.807) is 11.3 Å². The Morgan fingerprint density at radius 3 is 2.63 bits per heavy atom. The SMILES string of the molecule is CCC(C)C(C)(N)Cc1nc(-c2ccccc2)cs1. The Morgan fingerprint density at radius 2 is 2.00 bits per heavy atom. The molecule has 0 bridgehead atoms. The Morgan fingerprint density at radius 1 is 1.32 bits per heavy atom. The fraction of sp³-hybridized carbons (Fsp3) is 0.438. The highest BCUT2D eigenvalue weighted by atomic mass is 32.1. The molecule has 2 aromatic rings. The second-order valence-electron chi connectivity index (χ2n) is 5.48. The number of benzene rings is 1. The normalized spacial score (nSPS) is 16.0. The van der Waals surface area contributed by atoms with E-state index in [-0.39, 0.29) is 5.54 Å². The van der Waals surface area contributed by atoms with Crippen LogP contribution in [-0.2, 0) is 6.42 Å². The summed E-state index contributed by atoms with van der Waals surface area (Å²) >= 11 is 1.71. The third-order valence-corrected chi connectivity index (χ3v) is 4.74. The zero-order valence-corrected chi connectivity index (χ0v) is 12.7. The van der Waals surface area contributed by atoms with Gasteiger partial charge in [-0.15, -0.1) is 11.3 Å². The molecule has 3 heteroatoms. The van der Waals surface area contributed by atoms with Gasteiger partial charge < -0.3 is 5.73 Å². The van der Waals surface area contributed by atoms with E-state index < -0.39 is 0 Å². The Hall–Kier alpha value is -1.19. The van der Waals surface area contributed by atoms with E-state index in [0.717, 1.165) is 23.5 Å². The number of aromatic nitrogens is 1. The van der Waals surface area contributed by atoms with Gasteiger partial charge in [0.05, 0.1) is 10.7 Å². The van der Waals surface area contributed by atoms with Gasteiger partial charge >= 0.3 is 0 Å². The second kappa shape index (κ2) is 5.85. The van der Waals surface area contributed by atoms with Crippen molar-refractivity contribution in [2.75, 3.05) is 0 Å². The summed E-state index contributed by atoms with van der Waals surface area (Å²) in [5, 5.41) is 3.25. The smallest absolute Gasteiger partial charge is 0.0950 e. The molecule has 1 heterocycles. The quantitative estimate of drug-likeness (QED) is 0.891. The minimum atomic E-state index is -0.180. The van der Waals surface area contributed by atoms with Crippen LogP contribution in [0.2, 0.25) is 0 Å². The van der Waals surface area contributed by atoms with Gasteiger partial charge in [0.15, 0.2) is 0 Å². The summed E-state index contributed by atoms with van der Waals surface area (Å²) in [6.45, 7) is 6.53. The first-order valence-corrected chi connectivity index (χ1v) is 7.69. The number of hydrogen-bond acceptors (Lipinski definition) is 3. The maximum Gasteiger partial charge on any atom is 0.0950 e. The molecule has 0 aliphatic rings. The summed E-state index contributed by atoms with van der Waals surface area (Å²) in [6.07, 6.45) is 1.95. The van der Waals surface area contributed by atoms with Crippen molar-refractivity contribution in [2.45, 2.75) is 39.2 Å². The largest absolute Gasteiger partial charge is 0.325 e. The van der Waals surface area contributed by atoms with Crippen LogP contribution in [0.25, 0.3) is 11.3 Å². The van der Waals surface area contributed by atoms with Crippen LogP contribution in [0.15, 0.2) is 35.7 Å². The Labute approximate surface area is 119 Å². The summed E-state index contributed by atoms with van der Waals surface area (Å²) in [7, 11) is 0. The van der Waals surface area contributed by atoms with Crippen LogP contribution in [0.5, 0.6) is 0 Å². The van der Waals surface area contributed by atoms with Crippen molar-refractivity contribution in [1.82, 2.24) is 4.98 Å². The van der Waals surface area contributed by atoms with Gasteiger partial charge in [0.25, 0.3) is 0 Å². The zero-order valence-electron chi connectivity index (χ0n) is 11.9. The van der Waals surface area contributed by atoms with Crippen molar-refractivity contribution >= 4 is 11.3 Å². The number of nitrogens with two attached hydrogens (primary N) is 1. The molecule has 1 aromatic heterocycles. The zero-order chi connectivity index (χ0) is 13.9. The fourth-order valence-corrected chi connectivity index (χ4v) is 3.08. The van der Waals surface area contributed by atoms with Crippen LogP contribution < -0.4 is 5.73 Å². The topological polar surface area (TPSA) is 38.9 Å². The minimum absolute atomic E-state index is 0.180. The minimum Gasteiger partial charge on any atom is -0.325 e. The number of thiazole rings is 1. The van der Waals surface area contributed by atoms with Crippen molar-refractivity contribution in [1.29, 1.82) is 0 Å². The molecule has 0 fully saturated rings. The van der Waals surface area contributed by atoms with E-state index in [1.165, 1.54) is 5.56 Å². The Balaban J connectivity index is 2.14. The molecule has 19 heavy (non-hydrogen) atoms. The second-order valence-corrected chi connectivity index (χ2v) is 6.43. The van der Waals surface area contributed by atoms with Crippen molar-refractivity contribution in [2.24, 2.45) is 11.7 Å². The van der Waals surface area contributed by atoms with Crippen LogP contribution >= 0.6 is 11.3 Å². The van der Waals surface area contributed by atoms with E-state index in [2.05, 4.69) is 38.3 Å². The third kappa shape index (κ3) is 3.43. The fourth-order valence-electron chi connectivity index (χ4n) is 2.10. The highest BCUT2D eigenvalue weighted by Crippen LogP contribution is 2.27. The lowest BCUT2D eigenvalue weighted by atomic mass is 9.83. The summed E-state index contributed by atoms with van der Waals surface area (Å²) in [6, 6.07) is 10.3. The van der Waals surface area contributed by atoms with Gasteiger partial charge in [-0.3, -0.25) is 0 Å². The first kappa shape index (κ1) is 14.2. The standard InChI is InChI=1S/C16H22N2S/c1-4-12(2)16(3,17)10-15-18-14(11-19-15)13-8-6-5-7-9-13/h5-9,11-12H,4,10,17H2,1-3H3. The van der Waals surface area contributed by atoms with Gasteiger partial charge in [-0.05, 0) is 12.8 Å². The molecule has 0 spiro atoms. The van der Waals surface area contributed by atoms with Crippen LogP contribution in [-0.4, -0.2) is 10.5 Å². The summed E-state index contributed by atoms with van der Waals surface area (Å²) < 4.78 is 0. The number of hydrogen-bond donors (Lipinski definition) is 1. The van der Waals surface area contributed by atoms with Gasteiger partial charge in [-0.2, -0.15) is 0 Å². The summed E-state index contributed by atoms with van der Waals surface area (Å²) in [5.41, 5.74) is 8.47. The maximum absolute atomic E-state index is 6.42. The molecule has 2 rings (SSSR count). The van der Waals surface area contributed by atoms with E-state index in [4.69, 9.17) is 10.7 Å². The van der Waals surface area contributed by atoms with Gasteiger partial charge in [0.1, 0.15) is 0 Å². The van der Waals surface area contributed by atoms with Crippen LogP contribution in [0.1, 0.15) is 32.2 Å². The third-order valence-electron chi connectivity index (χ3n) is 3.89. The lowest BCUT2D eigenvalue weighted by molar-refractivity contribution is 0.306. The van der Waals surface area contributed by atoms with E-state index in [0.29, 0.717) is 5.92 Å². The predicted molar refractivity (Wildman–Crippen MR) is 83.3 cm³/mol. The van der Waals surface area contributed by atoms with Crippen molar-refractivity contribution in [3.8, 4) is 11.3 Å². The highest BCUT2D eigenvalue weighted by Gasteiger charge is 2.26. The molecule has 0 saturated heterocycles. The molecule has 102 valence electrons. The highest BCUT2D eigenvalue weighted by molar-refractivity contribution is 7.09. The lowest BCUT2D eigenvalue weighted by Crippen LogP contribution is -2.44. The first-order valence-electron chi connectivity index (χ1n) is 6.81. The average Bonchev–Trinajstić information content (AvgIpc) is 2.86. The number of rotatable bonds is 5. The molecular weight excluding hydrogens is 252 g/mol. The van der Waals surface area contributed by atoms with E-state index in [9.17, 15) is 0 Å². The molecule has 2 N–H and O–H groups in total. The molecule has 2 atom stereocenters. The lowest BCUT2D eigenvalue weighted by Gasteiger charge is -2.30. The molecule has 0 radical (unpaired) electrons. The van der Waals surface area contributed by atoms with E-state index >= 15 is 0 Å².